The Labute approximate surface area is 216 Å². The molecule has 0 spiro atoms. The highest BCUT2D eigenvalue weighted by molar-refractivity contribution is 5.83. The average molecular weight is 485 g/mol. The van der Waals surface area contributed by atoms with Crippen molar-refractivity contribution in [3.8, 4) is 11.1 Å². The van der Waals surface area contributed by atoms with Gasteiger partial charge in [0, 0.05) is 31.9 Å². The van der Waals surface area contributed by atoms with E-state index in [0.717, 1.165) is 57.5 Å². The number of carbonyl (C=O) groups excluding carboxylic acids is 1. The van der Waals surface area contributed by atoms with Crippen molar-refractivity contribution in [3.05, 3.63) is 90.0 Å². The molecule has 0 radical (unpaired) electrons. The standard InChI is InChI=1S/C32H40N2O2/c1-4-32(31(35)36-5-2,29-12-7-6-8-13-29)19-10-20-33-21-23-34(24-22-33)30-14-9-11-28(25-30)27-17-15-26(3)16-18-27/h6-9,11-18,25H,4-5,10,19-24H2,1-3H3. The van der Waals surface area contributed by atoms with Crippen LogP contribution in [-0.2, 0) is 14.9 Å². The van der Waals surface area contributed by atoms with E-state index >= 15 is 0 Å². The van der Waals surface area contributed by atoms with Gasteiger partial charge in [-0.05, 0) is 68.5 Å². The van der Waals surface area contributed by atoms with E-state index in [1.807, 2.05) is 25.1 Å². The topological polar surface area (TPSA) is 32.8 Å². The lowest BCUT2D eigenvalue weighted by Gasteiger charge is -2.37. The normalized spacial score (nSPS) is 15.9. The first-order valence-electron chi connectivity index (χ1n) is 13.4. The number of piperazine rings is 1. The maximum Gasteiger partial charge on any atom is 0.316 e. The highest BCUT2D eigenvalue weighted by atomic mass is 16.5. The molecule has 1 aliphatic rings. The Hall–Kier alpha value is -3.11. The van der Waals surface area contributed by atoms with Crippen LogP contribution < -0.4 is 4.90 Å². The fraction of sp³-hybridized carbons (Fsp3) is 0.406. The van der Waals surface area contributed by atoms with Crippen molar-refractivity contribution in [1.29, 1.82) is 0 Å². The van der Waals surface area contributed by atoms with Gasteiger partial charge in [-0.25, -0.2) is 0 Å². The van der Waals surface area contributed by atoms with Gasteiger partial charge < -0.3 is 9.64 Å². The molecule has 1 fully saturated rings. The van der Waals surface area contributed by atoms with Gasteiger partial charge in [0.15, 0.2) is 0 Å². The maximum absolute atomic E-state index is 13.1. The van der Waals surface area contributed by atoms with E-state index in [0.29, 0.717) is 6.61 Å². The van der Waals surface area contributed by atoms with Gasteiger partial charge in [-0.3, -0.25) is 9.69 Å². The van der Waals surface area contributed by atoms with Crippen molar-refractivity contribution in [2.75, 3.05) is 44.2 Å². The number of hydrogen-bond acceptors (Lipinski definition) is 4. The van der Waals surface area contributed by atoms with Gasteiger partial charge >= 0.3 is 5.97 Å². The molecular weight excluding hydrogens is 444 g/mol. The van der Waals surface area contributed by atoms with Crippen LogP contribution in [0.5, 0.6) is 0 Å². The molecular formula is C32H40N2O2. The molecule has 0 aliphatic carbocycles. The lowest BCUT2D eigenvalue weighted by molar-refractivity contribution is -0.150. The van der Waals surface area contributed by atoms with Crippen molar-refractivity contribution in [1.82, 2.24) is 4.90 Å². The first kappa shape index (κ1) is 26.0. The molecule has 1 aliphatic heterocycles. The minimum Gasteiger partial charge on any atom is -0.465 e. The first-order chi connectivity index (χ1) is 17.6. The third-order valence-corrected chi connectivity index (χ3v) is 7.64. The quantitative estimate of drug-likeness (QED) is 0.309. The SMILES string of the molecule is CCOC(=O)C(CC)(CCCN1CCN(c2cccc(-c3ccc(C)cc3)c2)CC1)c1ccccc1. The molecule has 0 amide bonds. The molecule has 0 N–H and O–H groups in total. The molecule has 1 atom stereocenters. The van der Waals surface area contributed by atoms with Gasteiger partial charge in [0.25, 0.3) is 0 Å². The predicted octanol–water partition coefficient (Wildman–Crippen LogP) is 6.48. The van der Waals surface area contributed by atoms with Crippen LogP contribution in [0, 0.1) is 6.92 Å². The maximum atomic E-state index is 13.1. The van der Waals surface area contributed by atoms with E-state index in [9.17, 15) is 4.79 Å². The van der Waals surface area contributed by atoms with Crippen molar-refractivity contribution in [2.24, 2.45) is 0 Å². The lowest BCUT2D eigenvalue weighted by atomic mass is 9.74. The van der Waals surface area contributed by atoms with Crippen molar-refractivity contribution in [3.63, 3.8) is 0 Å². The van der Waals surface area contributed by atoms with Gasteiger partial charge in [0.1, 0.15) is 0 Å². The van der Waals surface area contributed by atoms with E-state index in [4.69, 9.17) is 4.74 Å². The Morgan fingerprint density at radius 2 is 1.58 bits per heavy atom. The van der Waals surface area contributed by atoms with Crippen LogP contribution >= 0.6 is 0 Å². The van der Waals surface area contributed by atoms with Crippen LogP contribution in [0.2, 0.25) is 0 Å². The molecule has 0 aromatic heterocycles. The van der Waals surface area contributed by atoms with Gasteiger partial charge in [0.05, 0.1) is 12.0 Å². The molecule has 1 saturated heterocycles. The monoisotopic (exact) mass is 484 g/mol. The van der Waals surface area contributed by atoms with Crippen molar-refractivity contribution >= 4 is 11.7 Å². The third kappa shape index (κ3) is 5.99. The second kappa shape index (κ2) is 12.2. The number of benzene rings is 3. The highest BCUT2D eigenvalue weighted by Crippen LogP contribution is 2.35. The largest absolute Gasteiger partial charge is 0.465 e. The summed E-state index contributed by atoms with van der Waals surface area (Å²) in [5.74, 6) is -0.0861. The molecule has 4 nitrogen and oxygen atoms in total. The van der Waals surface area contributed by atoms with E-state index in [1.165, 1.54) is 22.4 Å². The van der Waals surface area contributed by atoms with E-state index < -0.39 is 5.41 Å². The van der Waals surface area contributed by atoms with Gasteiger partial charge in [0.2, 0.25) is 0 Å². The molecule has 3 aromatic carbocycles. The highest BCUT2D eigenvalue weighted by Gasteiger charge is 2.39. The Kier molecular flexibility index (Phi) is 8.82. The Bertz CT molecular complexity index is 1100. The number of hydrogen-bond donors (Lipinski definition) is 0. The number of anilines is 1. The summed E-state index contributed by atoms with van der Waals surface area (Å²) in [6.45, 7) is 11.7. The minimum absolute atomic E-state index is 0.0861. The molecule has 0 saturated carbocycles. The Morgan fingerprint density at radius 1 is 0.861 bits per heavy atom. The number of aryl methyl sites for hydroxylation is 1. The molecule has 1 unspecified atom stereocenters. The predicted molar refractivity (Wildman–Crippen MR) is 150 cm³/mol. The number of esters is 1. The third-order valence-electron chi connectivity index (χ3n) is 7.64. The van der Waals surface area contributed by atoms with Gasteiger partial charge in [-0.2, -0.15) is 0 Å². The zero-order valence-electron chi connectivity index (χ0n) is 22.1. The zero-order chi connectivity index (χ0) is 25.4. The zero-order valence-corrected chi connectivity index (χ0v) is 22.1. The summed E-state index contributed by atoms with van der Waals surface area (Å²) >= 11 is 0. The van der Waals surface area contributed by atoms with Gasteiger partial charge in [-0.15, -0.1) is 0 Å². The van der Waals surface area contributed by atoms with Crippen LogP contribution in [0.4, 0.5) is 5.69 Å². The van der Waals surface area contributed by atoms with E-state index in [-0.39, 0.29) is 5.97 Å². The lowest BCUT2D eigenvalue weighted by Crippen LogP contribution is -2.47. The van der Waals surface area contributed by atoms with Crippen LogP contribution in [-0.4, -0.2) is 50.2 Å². The summed E-state index contributed by atoms with van der Waals surface area (Å²) in [6, 6.07) is 27.8. The summed E-state index contributed by atoms with van der Waals surface area (Å²) in [5.41, 5.74) is 5.63. The number of nitrogens with zero attached hydrogens (tertiary/aromatic N) is 2. The average Bonchev–Trinajstić information content (AvgIpc) is 2.93. The molecule has 36 heavy (non-hydrogen) atoms. The summed E-state index contributed by atoms with van der Waals surface area (Å²) < 4.78 is 5.55. The van der Waals surface area contributed by atoms with Crippen molar-refractivity contribution < 1.29 is 9.53 Å². The Balaban J connectivity index is 1.34. The summed E-state index contributed by atoms with van der Waals surface area (Å²) in [6.07, 6.45) is 2.54. The fourth-order valence-corrected chi connectivity index (χ4v) is 5.38. The smallest absolute Gasteiger partial charge is 0.316 e. The molecule has 1 heterocycles. The minimum atomic E-state index is -0.560. The molecule has 4 rings (SSSR count). The number of rotatable bonds is 10. The first-order valence-corrected chi connectivity index (χ1v) is 13.4. The van der Waals surface area contributed by atoms with Crippen LogP contribution in [0.15, 0.2) is 78.9 Å². The van der Waals surface area contributed by atoms with Gasteiger partial charge in [-0.1, -0.05) is 79.2 Å². The van der Waals surface area contributed by atoms with E-state index in [1.54, 1.807) is 0 Å². The summed E-state index contributed by atoms with van der Waals surface area (Å²) in [5, 5.41) is 0. The second-order valence-corrected chi connectivity index (χ2v) is 9.87. The molecule has 4 heteroatoms. The fourth-order valence-electron chi connectivity index (χ4n) is 5.38. The second-order valence-electron chi connectivity index (χ2n) is 9.87. The Morgan fingerprint density at radius 3 is 2.25 bits per heavy atom. The van der Waals surface area contributed by atoms with Crippen LogP contribution in [0.25, 0.3) is 11.1 Å². The van der Waals surface area contributed by atoms with E-state index in [2.05, 4.69) is 84.3 Å². The van der Waals surface area contributed by atoms with Crippen molar-refractivity contribution in [2.45, 2.75) is 45.4 Å². The molecule has 0 bridgehead atoms. The summed E-state index contributed by atoms with van der Waals surface area (Å²) in [4.78, 5) is 18.1. The summed E-state index contributed by atoms with van der Waals surface area (Å²) in [7, 11) is 0. The number of ether oxygens (including phenoxy) is 1. The number of carbonyl (C=O) groups is 1. The molecule has 190 valence electrons. The van der Waals surface area contributed by atoms with Crippen LogP contribution in [0.3, 0.4) is 0 Å². The molecule has 3 aromatic rings. The van der Waals surface area contributed by atoms with Crippen LogP contribution in [0.1, 0.15) is 44.2 Å².